The molecule has 110 valence electrons. The van der Waals surface area contributed by atoms with Crippen LogP contribution >= 0.6 is 12.4 Å². The quantitative estimate of drug-likeness (QED) is 0.834. The van der Waals surface area contributed by atoms with Crippen molar-refractivity contribution >= 4 is 18.3 Å². The van der Waals surface area contributed by atoms with E-state index in [4.69, 9.17) is 5.73 Å². The molecule has 0 aromatic carbocycles. The average molecular weight is 287 g/mol. The minimum Gasteiger partial charge on any atom is -0.352 e. The predicted molar refractivity (Wildman–Crippen MR) is 79.1 cm³/mol. The van der Waals surface area contributed by atoms with Crippen LogP contribution in [0.25, 0.3) is 0 Å². The second-order valence-electron chi connectivity index (χ2n) is 7.30. The van der Waals surface area contributed by atoms with Crippen molar-refractivity contribution in [3.63, 3.8) is 0 Å². The van der Waals surface area contributed by atoms with Gasteiger partial charge in [-0.3, -0.25) is 4.79 Å². The van der Waals surface area contributed by atoms with Gasteiger partial charge in [-0.1, -0.05) is 0 Å². The highest BCUT2D eigenvalue weighted by atomic mass is 35.5. The highest BCUT2D eigenvalue weighted by Crippen LogP contribution is 2.61. The van der Waals surface area contributed by atoms with Gasteiger partial charge in [0.1, 0.15) is 0 Å². The van der Waals surface area contributed by atoms with Crippen LogP contribution in [0.1, 0.15) is 51.9 Å². The van der Waals surface area contributed by atoms with E-state index in [9.17, 15) is 4.79 Å². The van der Waals surface area contributed by atoms with Crippen LogP contribution in [0.4, 0.5) is 0 Å². The van der Waals surface area contributed by atoms with Crippen LogP contribution in [0.3, 0.4) is 0 Å². The predicted octanol–water partition coefficient (Wildman–Crippen LogP) is 2.48. The van der Waals surface area contributed by atoms with Gasteiger partial charge < -0.3 is 11.1 Å². The molecule has 0 heterocycles. The van der Waals surface area contributed by atoms with Crippen molar-refractivity contribution in [1.29, 1.82) is 0 Å². The van der Waals surface area contributed by atoms with Gasteiger partial charge in [-0.25, -0.2) is 0 Å². The number of nitrogens with one attached hydrogen (secondary N) is 1. The molecule has 3 nitrogen and oxygen atoms in total. The fourth-order valence-electron chi connectivity index (χ4n) is 5.23. The van der Waals surface area contributed by atoms with Crippen LogP contribution in [0.5, 0.6) is 0 Å². The Kier molecular flexibility index (Phi) is 4.46. The Bertz CT molecular complexity index is 310. The van der Waals surface area contributed by atoms with Crippen molar-refractivity contribution in [3.8, 4) is 0 Å². The Balaban J connectivity index is 0.00000133. The summed E-state index contributed by atoms with van der Waals surface area (Å²) in [6.07, 6.45) is 9.01. The number of nitrogens with two attached hydrogens (primary N) is 1. The van der Waals surface area contributed by atoms with E-state index in [-0.39, 0.29) is 24.4 Å². The summed E-state index contributed by atoms with van der Waals surface area (Å²) >= 11 is 0. The van der Waals surface area contributed by atoms with Crippen LogP contribution in [0.15, 0.2) is 0 Å². The maximum atomic E-state index is 12.1. The Morgan fingerprint density at radius 2 is 1.68 bits per heavy atom. The molecule has 4 aliphatic rings. The zero-order valence-electron chi connectivity index (χ0n) is 11.9. The Labute approximate surface area is 122 Å². The first-order valence-electron chi connectivity index (χ1n) is 7.58. The summed E-state index contributed by atoms with van der Waals surface area (Å²) in [5.74, 6) is 3.01. The van der Waals surface area contributed by atoms with Gasteiger partial charge in [0, 0.05) is 19.0 Å². The number of hydrogen-bond donors (Lipinski definition) is 2. The summed E-state index contributed by atoms with van der Waals surface area (Å²) < 4.78 is 0. The largest absolute Gasteiger partial charge is 0.352 e. The highest BCUT2D eigenvalue weighted by molar-refractivity contribution is 5.85. The second-order valence-corrected chi connectivity index (χ2v) is 7.30. The molecule has 4 bridgehead atoms. The summed E-state index contributed by atoms with van der Waals surface area (Å²) in [4.78, 5) is 12.1. The maximum Gasteiger partial charge on any atom is 0.220 e. The van der Waals surface area contributed by atoms with E-state index < -0.39 is 0 Å². The van der Waals surface area contributed by atoms with Gasteiger partial charge in [0.2, 0.25) is 5.91 Å². The molecule has 0 unspecified atom stereocenters. The number of carbonyl (C=O) groups is 1. The minimum atomic E-state index is 0. The molecule has 0 radical (unpaired) electrons. The molecule has 1 amide bonds. The molecule has 3 N–H and O–H groups in total. The number of rotatable bonds is 4. The van der Waals surface area contributed by atoms with Crippen LogP contribution in [0, 0.1) is 23.2 Å². The van der Waals surface area contributed by atoms with Gasteiger partial charge in [0.25, 0.3) is 0 Å². The van der Waals surface area contributed by atoms with Crippen molar-refractivity contribution in [2.24, 2.45) is 28.9 Å². The third-order valence-electron chi connectivity index (χ3n) is 5.46. The molecule has 0 aliphatic heterocycles. The van der Waals surface area contributed by atoms with Crippen LogP contribution in [-0.4, -0.2) is 18.5 Å². The van der Waals surface area contributed by atoms with Crippen molar-refractivity contribution in [2.45, 2.75) is 57.9 Å². The van der Waals surface area contributed by atoms with E-state index in [0.717, 1.165) is 24.2 Å². The summed E-state index contributed by atoms with van der Waals surface area (Å²) in [5.41, 5.74) is 5.92. The molecule has 0 aromatic heterocycles. The first-order valence-corrected chi connectivity index (χ1v) is 7.58. The number of carbonyl (C=O) groups excluding carboxylic acids is 1. The van der Waals surface area contributed by atoms with Gasteiger partial charge in [-0.15, -0.1) is 12.4 Å². The van der Waals surface area contributed by atoms with Gasteiger partial charge in [-0.05, 0) is 68.6 Å². The lowest BCUT2D eigenvalue weighted by Crippen LogP contribution is -2.49. The van der Waals surface area contributed by atoms with E-state index in [1.54, 1.807) is 0 Å². The van der Waals surface area contributed by atoms with Crippen molar-refractivity contribution < 1.29 is 4.79 Å². The minimum absolute atomic E-state index is 0. The standard InChI is InChI=1S/C15H26N2O.ClH/c1-10(9-16)17-14(18)8-15-5-11-2-12(6-15)4-13(3-11)7-15;/h10-13H,2-9,16H2,1H3,(H,17,18);1H/t10-,11?,12?,13?,15?;/m0./s1. The van der Waals surface area contributed by atoms with Crippen LogP contribution in [0.2, 0.25) is 0 Å². The SMILES string of the molecule is C[C@@H](CN)NC(=O)CC12CC3CC(CC(C3)C1)C2.Cl. The zero-order valence-corrected chi connectivity index (χ0v) is 12.7. The molecule has 19 heavy (non-hydrogen) atoms. The zero-order chi connectivity index (χ0) is 12.8. The highest BCUT2D eigenvalue weighted by Gasteiger charge is 2.51. The van der Waals surface area contributed by atoms with Gasteiger partial charge in [0.05, 0.1) is 0 Å². The Morgan fingerprint density at radius 3 is 2.11 bits per heavy atom. The molecule has 0 spiro atoms. The molecule has 0 aromatic rings. The van der Waals surface area contributed by atoms with E-state index in [2.05, 4.69) is 5.32 Å². The molecule has 4 heteroatoms. The van der Waals surface area contributed by atoms with E-state index >= 15 is 0 Å². The molecular weight excluding hydrogens is 260 g/mol. The van der Waals surface area contributed by atoms with Crippen LogP contribution < -0.4 is 11.1 Å². The Hall–Kier alpha value is -0.280. The van der Waals surface area contributed by atoms with Crippen LogP contribution in [-0.2, 0) is 4.79 Å². The lowest BCUT2D eigenvalue weighted by molar-refractivity contribution is -0.129. The fraction of sp³-hybridized carbons (Fsp3) is 0.933. The number of halogens is 1. The molecular formula is C15H27ClN2O. The number of amides is 1. The normalized spacial score (nSPS) is 40.6. The molecule has 1 atom stereocenters. The topological polar surface area (TPSA) is 55.1 Å². The Morgan fingerprint density at radius 1 is 1.21 bits per heavy atom. The smallest absolute Gasteiger partial charge is 0.220 e. The molecule has 4 saturated carbocycles. The third kappa shape index (κ3) is 3.08. The monoisotopic (exact) mass is 286 g/mol. The fourth-order valence-corrected chi connectivity index (χ4v) is 5.23. The molecule has 4 fully saturated rings. The first kappa shape index (κ1) is 15.1. The summed E-state index contributed by atoms with van der Waals surface area (Å²) in [6, 6.07) is 0.117. The number of hydrogen-bond acceptors (Lipinski definition) is 2. The molecule has 4 rings (SSSR count). The first-order chi connectivity index (χ1) is 8.58. The van der Waals surface area contributed by atoms with Gasteiger partial charge in [0.15, 0.2) is 0 Å². The molecule has 0 saturated heterocycles. The summed E-state index contributed by atoms with van der Waals surface area (Å²) in [7, 11) is 0. The third-order valence-corrected chi connectivity index (χ3v) is 5.46. The summed E-state index contributed by atoms with van der Waals surface area (Å²) in [5, 5.41) is 3.04. The van der Waals surface area contributed by atoms with Crippen molar-refractivity contribution in [1.82, 2.24) is 5.32 Å². The van der Waals surface area contributed by atoms with Crippen molar-refractivity contribution in [2.75, 3.05) is 6.54 Å². The van der Waals surface area contributed by atoms with Crippen molar-refractivity contribution in [3.05, 3.63) is 0 Å². The van der Waals surface area contributed by atoms with E-state index in [1.165, 1.54) is 38.5 Å². The van der Waals surface area contributed by atoms with Gasteiger partial charge in [-0.2, -0.15) is 0 Å². The molecule has 4 aliphatic carbocycles. The average Bonchev–Trinajstić information content (AvgIpc) is 2.25. The lowest BCUT2D eigenvalue weighted by atomic mass is 9.49. The lowest BCUT2D eigenvalue weighted by Gasteiger charge is -2.56. The van der Waals surface area contributed by atoms with E-state index in [0.29, 0.717) is 12.0 Å². The summed E-state index contributed by atoms with van der Waals surface area (Å²) in [6.45, 7) is 2.52. The second kappa shape index (κ2) is 5.61. The maximum absolute atomic E-state index is 12.1. The van der Waals surface area contributed by atoms with E-state index in [1.807, 2.05) is 6.92 Å². The van der Waals surface area contributed by atoms with Gasteiger partial charge >= 0.3 is 0 Å².